The average molecular weight is 445 g/mol. The van der Waals surface area contributed by atoms with Gasteiger partial charge in [-0.1, -0.05) is 24.4 Å². The van der Waals surface area contributed by atoms with Crippen molar-refractivity contribution in [2.45, 2.75) is 38.8 Å². The Labute approximate surface area is 188 Å². The van der Waals surface area contributed by atoms with Gasteiger partial charge in [-0.05, 0) is 50.8 Å². The molecular formula is C22H32N6O2S. The van der Waals surface area contributed by atoms with Crippen LogP contribution in [0.15, 0.2) is 41.8 Å². The number of rotatable bonds is 4. The van der Waals surface area contributed by atoms with Crippen molar-refractivity contribution >= 4 is 28.9 Å². The van der Waals surface area contributed by atoms with E-state index in [2.05, 4.69) is 33.8 Å². The average Bonchev–Trinajstić information content (AvgIpc) is 2.81. The Morgan fingerprint density at radius 2 is 2.26 bits per heavy atom. The quantitative estimate of drug-likeness (QED) is 0.739. The summed E-state index contributed by atoms with van der Waals surface area (Å²) in [6.07, 6.45) is 5.80. The minimum absolute atomic E-state index is 0.126. The number of allylic oxidation sites excluding steroid dienone is 1. The molecule has 0 aromatic carbocycles. The molecule has 1 aromatic rings. The number of hydrogen-bond donors (Lipinski definition) is 2. The minimum atomic E-state index is -0.367. The van der Waals surface area contributed by atoms with Crippen LogP contribution in [0, 0.1) is 11.8 Å². The van der Waals surface area contributed by atoms with Gasteiger partial charge in [0.2, 0.25) is 5.91 Å². The topological polar surface area (TPSA) is 104 Å². The smallest absolute Gasteiger partial charge is 0.324 e. The number of nitrogens with zero attached hydrogens (tertiary/aromatic N) is 4. The van der Waals surface area contributed by atoms with Crippen LogP contribution in [-0.4, -0.2) is 63.8 Å². The molecule has 8 nitrogen and oxygen atoms in total. The third-order valence-electron chi connectivity index (χ3n) is 5.98. The first kappa shape index (κ1) is 23.3. The molecule has 168 valence electrons. The number of hydrogen-bond acceptors (Lipinski definition) is 7. The molecule has 3 heterocycles. The predicted molar refractivity (Wildman–Crippen MR) is 124 cm³/mol. The molecule has 0 radical (unpaired) electrons. The normalized spacial score (nSPS) is 24.8. The molecule has 0 saturated carbocycles. The lowest BCUT2D eigenvalue weighted by molar-refractivity contribution is -0.135. The minimum Gasteiger partial charge on any atom is -0.378 e. The van der Waals surface area contributed by atoms with Gasteiger partial charge < -0.3 is 16.0 Å². The molecule has 0 bridgehead atoms. The number of amidine groups is 1. The molecule has 9 heteroatoms. The number of piperidine rings is 1. The molecule has 31 heavy (non-hydrogen) atoms. The number of urea groups is 1. The highest BCUT2D eigenvalue weighted by molar-refractivity contribution is 8.13. The van der Waals surface area contributed by atoms with E-state index < -0.39 is 0 Å². The lowest BCUT2D eigenvalue weighted by atomic mass is 9.79. The van der Waals surface area contributed by atoms with Crippen LogP contribution in [-0.2, 0) is 11.3 Å². The number of aliphatic imine (C=N–C) groups is 1. The number of carbonyl (C=O) groups is 2. The summed E-state index contributed by atoms with van der Waals surface area (Å²) in [5.74, 6) is 0.787. The van der Waals surface area contributed by atoms with Crippen LogP contribution < -0.4 is 11.1 Å². The molecule has 3 amide bonds. The third-order valence-corrected chi connectivity index (χ3v) is 6.81. The van der Waals surface area contributed by atoms with Crippen molar-refractivity contribution < 1.29 is 9.59 Å². The van der Waals surface area contributed by atoms with Gasteiger partial charge in [-0.25, -0.2) is 9.79 Å². The van der Waals surface area contributed by atoms with Gasteiger partial charge in [0.15, 0.2) is 5.17 Å². The molecule has 0 aliphatic carbocycles. The number of aromatic nitrogens is 1. The second-order valence-electron chi connectivity index (χ2n) is 8.16. The highest BCUT2D eigenvalue weighted by atomic mass is 32.2. The largest absolute Gasteiger partial charge is 0.378 e. The maximum absolute atomic E-state index is 13.3. The summed E-state index contributed by atoms with van der Waals surface area (Å²) in [6, 6.07) is 3.69. The molecule has 3 atom stereocenters. The molecule has 2 aliphatic heterocycles. The number of thioether (sulfide) groups is 1. The molecular weight excluding hydrogens is 412 g/mol. The Morgan fingerprint density at radius 3 is 2.97 bits per heavy atom. The molecule has 0 spiro atoms. The van der Waals surface area contributed by atoms with Crippen LogP contribution in [0.5, 0.6) is 0 Å². The fourth-order valence-corrected chi connectivity index (χ4v) is 5.27. The first-order valence-corrected chi connectivity index (χ1v) is 11.7. The van der Waals surface area contributed by atoms with Gasteiger partial charge in [0.25, 0.3) is 0 Å². The van der Waals surface area contributed by atoms with Crippen LogP contribution in [0.1, 0.15) is 31.7 Å². The van der Waals surface area contributed by atoms with Crippen molar-refractivity contribution in [3.8, 4) is 0 Å². The van der Waals surface area contributed by atoms with Crippen molar-refractivity contribution in [3.63, 3.8) is 0 Å². The van der Waals surface area contributed by atoms with Crippen LogP contribution in [0.4, 0.5) is 4.79 Å². The number of carbonyl (C=O) groups excluding carboxylic acids is 2. The van der Waals surface area contributed by atoms with E-state index in [4.69, 9.17) is 5.73 Å². The summed E-state index contributed by atoms with van der Waals surface area (Å²) in [5.41, 5.74) is 7.60. The van der Waals surface area contributed by atoms with E-state index in [1.807, 2.05) is 19.1 Å². The lowest BCUT2D eigenvalue weighted by Gasteiger charge is -2.43. The first-order valence-electron chi connectivity index (χ1n) is 10.7. The molecule has 3 rings (SSSR count). The van der Waals surface area contributed by atoms with Gasteiger partial charge in [0, 0.05) is 49.5 Å². The van der Waals surface area contributed by atoms with Crippen LogP contribution in [0.3, 0.4) is 0 Å². The number of fused-ring (bicyclic) bond motifs is 1. The van der Waals surface area contributed by atoms with Crippen LogP contribution in [0.25, 0.3) is 0 Å². The molecule has 1 aromatic heterocycles. The van der Waals surface area contributed by atoms with E-state index in [0.29, 0.717) is 37.3 Å². The van der Waals surface area contributed by atoms with Crippen molar-refractivity contribution in [1.82, 2.24) is 20.1 Å². The van der Waals surface area contributed by atoms with Crippen molar-refractivity contribution in [1.29, 1.82) is 0 Å². The van der Waals surface area contributed by atoms with E-state index in [9.17, 15) is 9.59 Å². The van der Waals surface area contributed by atoms with E-state index in [0.717, 1.165) is 29.9 Å². The standard InChI is InChI=1S/C22H32N6O2S/c1-4-28(22(30)25-13-16-6-5-8-24-12-16)20(29)18-11-17-10-15(2)26-21(23)31-9-7-19(17)27(3)14-18/h5-6,8,12,17-19H,2,4,7,9-11,13-14H2,1,3H3,(H2,23,26)(H,25,30)/t17-,18+,19+/m0/s1. The number of imide groups is 1. The summed E-state index contributed by atoms with van der Waals surface area (Å²) in [4.78, 5) is 38.1. The van der Waals surface area contributed by atoms with Crippen molar-refractivity contribution in [2.75, 3.05) is 25.9 Å². The second-order valence-corrected chi connectivity index (χ2v) is 9.27. The van der Waals surface area contributed by atoms with E-state index in [1.54, 1.807) is 24.2 Å². The molecule has 2 aliphatic rings. The van der Waals surface area contributed by atoms with Crippen LogP contribution >= 0.6 is 11.8 Å². The number of nitrogens with one attached hydrogen (secondary N) is 1. The third kappa shape index (κ3) is 6.07. The van der Waals surface area contributed by atoms with Gasteiger partial charge in [0.05, 0.1) is 5.92 Å². The predicted octanol–water partition coefficient (Wildman–Crippen LogP) is 2.43. The van der Waals surface area contributed by atoms with Crippen molar-refractivity contribution in [3.05, 3.63) is 42.4 Å². The second kappa shape index (κ2) is 10.8. The van der Waals surface area contributed by atoms with Crippen LogP contribution in [0.2, 0.25) is 0 Å². The summed E-state index contributed by atoms with van der Waals surface area (Å²) < 4.78 is 0. The maximum atomic E-state index is 13.3. The highest BCUT2D eigenvalue weighted by Crippen LogP contribution is 2.35. The summed E-state index contributed by atoms with van der Waals surface area (Å²) in [5, 5.41) is 3.40. The Balaban J connectivity index is 1.66. The fraction of sp³-hybridized carbons (Fsp3) is 0.545. The van der Waals surface area contributed by atoms with Gasteiger partial charge >= 0.3 is 6.03 Å². The zero-order chi connectivity index (χ0) is 22.4. The number of nitrogens with two attached hydrogens (primary N) is 1. The van der Waals surface area contributed by atoms with E-state index in [-0.39, 0.29) is 23.8 Å². The Hall–Kier alpha value is -2.39. The Bertz CT molecular complexity index is 831. The van der Waals surface area contributed by atoms with Gasteiger partial charge in [-0.15, -0.1) is 0 Å². The van der Waals surface area contributed by atoms with Gasteiger partial charge in [0.1, 0.15) is 0 Å². The molecule has 0 unspecified atom stereocenters. The van der Waals surface area contributed by atoms with Crippen molar-refractivity contribution in [2.24, 2.45) is 22.6 Å². The molecule has 1 saturated heterocycles. The van der Waals surface area contributed by atoms with E-state index >= 15 is 0 Å². The van der Waals surface area contributed by atoms with E-state index in [1.165, 1.54) is 4.90 Å². The highest BCUT2D eigenvalue weighted by Gasteiger charge is 2.39. The maximum Gasteiger partial charge on any atom is 0.324 e. The number of amides is 3. The van der Waals surface area contributed by atoms with Gasteiger partial charge in [-0.2, -0.15) is 0 Å². The Morgan fingerprint density at radius 1 is 1.45 bits per heavy atom. The fourth-order valence-electron chi connectivity index (χ4n) is 4.51. The number of pyridine rings is 1. The zero-order valence-corrected chi connectivity index (χ0v) is 19.1. The molecule has 1 fully saturated rings. The molecule has 3 N–H and O–H groups in total. The lowest BCUT2D eigenvalue weighted by Crippen LogP contribution is -2.53. The Kier molecular flexibility index (Phi) is 8.09. The summed E-state index contributed by atoms with van der Waals surface area (Å²) in [7, 11) is 2.06. The van der Waals surface area contributed by atoms with Gasteiger partial charge in [-0.3, -0.25) is 14.7 Å². The summed E-state index contributed by atoms with van der Waals surface area (Å²) in [6.45, 7) is 7.19. The number of likely N-dealkylation sites (tertiary alicyclic amines) is 1. The SMILES string of the molecule is C=C1C[C@H]2C[C@@H](C(=O)N(CC)C(=O)NCc3cccnc3)CN(C)[C@@H]2CCSC(N)=N1. The first-order chi connectivity index (χ1) is 14.9. The summed E-state index contributed by atoms with van der Waals surface area (Å²) >= 11 is 1.56. The zero-order valence-electron chi connectivity index (χ0n) is 18.3. The monoisotopic (exact) mass is 444 g/mol.